The Morgan fingerprint density at radius 2 is 2.17 bits per heavy atom. The van der Waals surface area contributed by atoms with Crippen LogP contribution in [0.4, 0.5) is 0 Å². The van der Waals surface area contributed by atoms with Crippen molar-refractivity contribution in [2.24, 2.45) is 5.14 Å². The van der Waals surface area contributed by atoms with Gasteiger partial charge in [-0.05, 0) is 44.3 Å². The second-order valence-corrected chi connectivity index (χ2v) is 5.24. The van der Waals surface area contributed by atoms with Gasteiger partial charge in [-0.1, -0.05) is 0 Å². The van der Waals surface area contributed by atoms with E-state index in [0.29, 0.717) is 0 Å². The van der Waals surface area contributed by atoms with Crippen LogP contribution in [0, 0.1) is 6.92 Å². The summed E-state index contributed by atoms with van der Waals surface area (Å²) in [6, 6.07) is 2.00. The van der Waals surface area contributed by atoms with Crippen LogP contribution < -0.4 is 5.14 Å². The molecular weight excluding hydrogens is 190 g/mol. The molecule has 3 N–H and O–H groups in total. The molecule has 0 spiro atoms. The first-order valence-electron chi connectivity index (χ1n) is 3.65. The molecule has 2 nitrogen and oxygen atoms in total. The Morgan fingerprint density at radius 1 is 1.58 bits per heavy atom. The van der Waals surface area contributed by atoms with Crippen LogP contribution in [-0.4, -0.2) is 5.11 Å². The normalized spacial score (nSPS) is 12.1. The van der Waals surface area contributed by atoms with Crippen LogP contribution in [0.1, 0.15) is 24.3 Å². The zero-order valence-corrected chi connectivity index (χ0v) is 9.05. The largest absolute Gasteiger partial charge is 0.385 e. The zero-order valence-electron chi connectivity index (χ0n) is 7.42. The number of aliphatic hydroxyl groups is 1. The smallest absolute Gasteiger partial charge is 0.0935 e. The molecule has 68 valence electrons. The van der Waals surface area contributed by atoms with E-state index in [1.165, 1.54) is 11.9 Å². The minimum absolute atomic E-state index is 0.747. The lowest BCUT2D eigenvalue weighted by molar-refractivity contribution is 0.0819. The third-order valence-electron chi connectivity index (χ3n) is 1.57. The van der Waals surface area contributed by atoms with Crippen molar-refractivity contribution in [1.29, 1.82) is 0 Å². The summed E-state index contributed by atoms with van der Waals surface area (Å²) in [6.07, 6.45) is 0. The lowest BCUT2D eigenvalue weighted by atomic mass is 10.1. The van der Waals surface area contributed by atoms with Gasteiger partial charge in [0, 0.05) is 4.88 Å². The summed E-state index contributed by atoms with van der Waals surface area (Å²) in [5.74, 6) is 0. The Balaban J connectivity index is 3.08. The Kier molecular flexibility index (Phi) is 2.83. The van der Waals surface area contributed by atoms with Gasteiger partial charge in [0.05, 0.1) is 9.81 Å². The molecule has 4 heteroatoms. The fraction of sp³-hybridized carbons (Fsp3) is 0.500. The fourth-order valence-electron chi connectivity index (χ4n) is 1.12. The van der Waals surface area contributed by atoms with E-state index in [2.05, 4.69) is 0 Å². The predicted octanol–water partition coefficient (Wildman–Crippen LogP) is 2.25. The molecule has 0 bridgehead atoms. The van der Waals surface area contributed by atoms with Crippen LogP contribution in [0.3, 0.4) is 0 Å². The molecule has 0 saturated heterocycles. The van der Waals surface area contributed by atoms with E-state index < -0.39 is 5.60 Å². The van der Waals surface area contributed by atoms with E-state index in [-0.39, 0.29) is 0 Å². The molecular formula is C8H13NOS2. The lowest BCUT2D eigenvalue weighted by Gasteiger charge is -2.15. The molecule has 0 atom stereocenters. The second-order valence-electron chi connectivity index (χ2n) is 3.25. The van der Waals surface area contributed by atoms with Crippen LogP contribution >= 0.6 is 23.3 Å². The molecule has 1 aromatic heterocycles. The quantitative estimate of drug-likeness (QED) is 0.725. The zero-order chi connectivity index (χ0) is 9.35. The van der Waals surface area contributed by atoms with Crippen molar-refractivity contribution in [3.63, 3.8) is 0 Å². The first kappa shape index (κ1) is 10.1. The second kappa shape index (κ2) is 3.38. The molecule has 0 aromatic carbocycles. The van der Waals surface area contributed by atoms with Gasteiger partial charge in [-0.2, -0.15) is 0 Å². The highest BCUT2D eigenvalue weighted by Crippen LogP contribution is 2.34. The minimum atomic E-state index is -0.747. The molecule has 0 fully saturated rings. The highest BCUT2D eigenvalue weighted by Gasteiger charge is 2.21. The summed E-state index contributed by atoms with van der Waals surface area (Å²) >= 11 is 2.78. The van der Waals surface area contributed by atoms with Gasteiger partial charge in [0.1, 0.15) is 0 Å². The standard InChI is InChI=1S/C8H13NOS2/c1-5-4-6(12-9)11-7(5)8(2,3)10/h4,10H,9H2,1-3H3. The molecule has 0 unspecified atom stereocenters. The third kappa shape index (κ3) is 2.01. The fourth-order valence-corrected chi connectivity index (χ4v) is 2.71. The SMILES string of the molecule is Cc1cc(SN)sc1C(C)(C)O. The summed E-state index contributed by atoms with van der Waals surface area (Å²) in [5, 5.41) is 15.2. The van der Waals surface area contributed by atoms with Gasteiger partial charge in [0.2, 0.25) is 0 Å². The number of hydrogen-bond acceptors (Lipinski definition) is 4. The van der Waals surface area contributed by atoms with Crippen LogP contribution in [0.5, 0.6) is 0 Å². The molecule has 1 aromatic rings. The van der Waals surface area contributed by atoms with E-state index in [4.69, 9.17) is 5.14 Å². The summed E-state index contributed by atoms with van der Waals surface area (Å²) in [4.78, 5) is 0.996. The Labute approximate surface area is 80.9 Å². The van der Waals surface area contributed by atoms with Crippen molar-refractivity contribution in [2.45, 2.75) is 30.6 Å². The van der Waals surface area contributed by atoms with E-state index >= 15 is 0 Å². The van der Waals surface area contributed by atoms with Crippen LogP contribution in [-0.2, 0) is 5.60 Å². The van der Waals surface area contributed by atoms with Gasteiger partial charge >= 0.3 is 0 Å². The molecule has 0 amide bonds. The van der Waals surface area contributed by atoms with Gasteiger partial charge in [-0.15, -0.1) is 11.3 Å². The average Bonchev–Trinajstić information content (AvgIpc) is 2.29. The van der Waals surface area contributed by atoms with E-state index in [1.807, 2.05) is 13.0 Å². The van der Waals surface area contributed by atoms with Crippen molar-refractivity contribution in [3.8, 4) is 0 Å². The maximum absolute atomic E-state index is 9.74. The number of nitrogens with two attached hydrogens (primary N) is 1. The highest BCUT2D eigenvalue weighted by molar-refractivity contribution is 7.99. The van der Waals surface area contributed by atoms with Crippen LogP contribution in [0.15, 0.2) is 10.3 Å². The number of aryl methyl sites for hydroxylation is 1. The molecule has 0 aliphatic rings. The molecule has 0 saturated carbocycles. The Hall–Kier alpha value is -0.0300. The topological polar surface area (TPSA) is 46.2 Å². The maximum Gasteiger partial charge on any atom is 0.0935 e. The highest BCUT2D eigenvalue weighted by atomic mass is 32.2. The number of hydrogen-bond donors (Lipinski definition) is 2. The molecule has 0 aliphatic carbocycles. The van der Waals surface area contributed by atoms with Crippen LogP contribution in [0.2, 0.25) is 0 Å². The third-order valence-corrected chi connectivity index (χ3v) is 3.80. The van der Waals surface area contributed by atoms with Crippen molar-refractivity contribution in [2.75, 3.05) is 0 Å². The first-order chi connectivity index (χ1) is 5.45. The number of rotatable bonds is 2. The molecule has 12 heavy (non-hydrogen) atoms. The van der Waals surface area contributed by atoms with Gasteiger partial charge in [0.15, 0.2) is 0 Å². The lowest BCUT2D eigenvalue weighted by Crippen LogP contribution is -2.14. The summed E-state index contributed by atoms with van der Waals surface area (Å²) in [5.41, 5.74) is 0.364. The first-order valence-corrected chi connectivity index (χ1v) is 5.35. The molecule has 1 rings (SSSR count). The van der Waals surface area contributed by atoms with Gasteiger partial charge < -0.3 is 5.11 Å². The van der Waals surface area contributed by atoms with Gasteiger partial charge in [-0.3, -0.25) is 5.14 Å². The van der Waals surface area contributed by atoms with Crippen molar-refractivity contribution in [3.05, 3.63) is 16.5 Å². The summed E-state index contributed by atoms with van der Waals surface area (Å²) in [6.45, 7) is 5.57. The van der Waals surface area contributed by atoms with Crippen LogP contribution in [0.25, 0.3) is 0 Å². The van der Waals surface area contributed by atoms with Crippen molar-refractivity contribution >= 4 is 23.3 Å². The van der Waals surface area contributed by atoms with Gasteiger partial charge in [0.25, 0.3) is 0 Å². The predicted molar refractivity (Wildman–Crippen MR) is 54.3 cm³/mol. The van der Waals surface area contributed by atoms with E-state index in [9.17, 15) is 5.11 Å². The maximum atomic E-state index is 9.74. The van der Waals surface area contributed by atoms with E-state index in [1.54, 1.807) is 25.2 Å². The molecule has 0 radical (unpaired) electrons. The monoisotopic (exact) mass is 203 g/mol. The molecule has 1 heterocycles. The Bertz CT molecular complexity index is 275. The van der Waals surface area contributed by atoms with Crippen molar-refractivity contribution < 1.29 is 5.11 Å². The van der Waals surface area contributed by atoms with Gasteiger partial charge in [-0.25, -0.2) is 0 Å². The average molecular weight is 203 g/mol. The Morgan fingerprint density at radius 3 is 2.42 bits per heavy atom. The van der Waals surface area contributed by atoms with Crippen molar-refractivity contribution in [1.82, 2.24) is 0 Å². The summed E-state index contributed by atoms with van der Waals surface area (Å²) in [7, 11) is 0. The summed E-state index contributed by atoms with van der Waals surface area (Å²) < 4.78 is 1.05. The number of thiophene rings is 1. The van der Waals surface area contributed by atoms with E-state index in [0.717, 1.165) is 14.6 Å². The minimum Gasteiger partial charge on any atom is -0.385 e. The molecule has 0 aliphatic heterocycles.